The Morgan fingerprint density at radius 2 is 1.08 bits per heavy atom. The van der Waals surface area contributed by atoms with E-state index in [0.29, 0.717) is 43.6 Å². The molecule has 450 valence electrons. The molecule has 2 aromatic carbocycles. The molecule has 8 aliphatic carbocycles. The molecular weight excluding hydrogens is 1080 g/mol. The van der Waals surface area contributed by atoms with E-state index in [9.17, 15) is 38.8 Å². The molecule has 0 spiro atoms. The van der Waals surface area contributed by atoms with Crippen LogP contribution in [0.1, 0.15) is 140 Å². The fourth-order valence-corrected chi connectivity index (χ4v) is 18.8. The van der Waals surface area contributed by atoms with Gasteiger partial charge in [-0.3, -0.25) is 19.0 Å². The number of ketones is 2. The predicted octanol–water partition coefficient (Wildman–Crippen LogP) is 10.7. The van der Waals surface area contributed by atoms with Crippen LogP contribution in [0.5, 0.6) is 0 Å². The molecule has 0 bridgehead atoms. The molecule has 4 aromatic heterocycles. The first kappa shape index (κ1) is 58.7. The lowest BCUT2D eigenvalue weighted by molar-refractivity contribution is -0.180. The normalized spacial score (nSPS) is 34.6. The largest absolute Gasteiger partial charge is 0.494 e. The number of nitrogens with zero attached hydrogens (tertiary/aromatic N) is 8. The van der Waals surface area contributed by atoms with Gasteiger partial charge in [-0.05, 0) is 215 Å². The summed E-state index contributed by atoms with van der Waals surface area (Å²) in [5, 5.41) is 65.9. The van der Waals surface area contributed by atoms with E-state index in [1.165, 1.54) is 35.4 Å². The average Bonchev–Trinajstić information content (AvgIpc) is 1.68. The molecule has 14 atom stereocenters. The van der Waals surface area contributed by atoms with Crippen LogP contribution in [0.4, 0.5) is 8.78 Å². The van der Waals surface area contributed by atoms with E-state index in [2.05, 4.69) is 53.0 Å². The minimum Gasteiger partial charge on any atom is -0.494 e. The number of carbonyl (C=O) groups excluding carboxylic acids is 2. The van der Waals surface area contributed by atoms with Gasteiger partial charge in [-0.2, -0.15) is 20.4 Å². The van der Waals surface area contributed by atoms with E-state index in [0.717, 1.165) is 90.8 Å². The topological polar surface area (TPSA) is 196 Å². The van der Waals surface area contributed by atoms with Crippen LogP contribution in [0.15, 0.2) is 103 Å². The summed E-state index contributed by atoms with van der Waals surface area (Å²) in [5.74, 6) is 0.224. The van der Waals surface area contributed by atoms with Crippen molar-refractivity contribution in [3.8, 4) is 11.4 Å². The molecule has 8 aliphatic rings. The van der Waals surface area contributed by atoms with Gasteiger partial charge in [0.15, 0.2) is 11.6 Å². The second-order valence-corrected chi connectivity index (χ2v) is 27.1. The fourth-order valence-electron chi connectivity index (χ4n) is 18.8. The number of ether oxygens (including phenoxy) is 1. The minimum atomic E-state index is -1.54. The first-order valence-corrected chi connectivity index (χ1v) is 30.3. The van der Waals surface area contributed by atoms with Crippen LogP contribution in [-0.4, -0.2) is 101 Å². The number of carbonyl (C=O) groups is 2. The van der Waals surface area contributed by atoms with Crippen molar-refractivity contribution in [3.05, 3.63) is 149 Å². The van der Waals surface area contributed by atoms with Crippen LogP contribution in [0.2, 0.25) is 0 Å². The maximum Gasteiger partial charge on any atom is 0.186 e. The molecule has 0 amide bonds. The highest BCUT2D eigenvalue weighted by Crippen LogP contribution is 2.70. The Balaban J connectivity index is 0.000000166. The highest BCUT2D eigenvalue weighted by molar-refractivity contribution is 5.89. The van der Waals surface area contributed by atoms with E-state index >= 15 is 0 Å². The van der Waals surface area contributed by atoms with Gasteiger partial charge in [0.1, 0.15) is 41.7 Å². The number of fused-ring (bicyclic) bond motifs is 12. The lowest BCUT2D eigenvalue weighted by atomic mass is 9.45. The predicted molar refractivity (Wildman–Crippen MR) is 318 cm³/mol. The van der Waals surface area contributed by atoms with Gasteiger partial charge in [0.25, 0.3) is 0 Å². The van der Waals surface area contributed by atoms with Gasteiger partial charge in [0.05, 0.1) is 71.9 Å². The Morgan fingerprint density at radius 1 is 0.647 bits per heavy atom. The van der Waals surface area contributed by atoms with Gasteiger partial charge in [0.2, 0.25) is 0 Å². The lowest BCUT2D eigenvalue weighted by Gasteiger charge is -2.60. The Hall–Kier alpha value is -6.66. The third-order valence-electron chi connectivity index (χ3n) is 22.9. The average molecular weight is 1160 g/mol. The smallest absolute Gasteiger partial charge is 0.186 e. The van der Waals surface area contributed by atoms with Gasteiger partial charge in [-0.15, -0.1) is 0 Å². The van der Waals surface area contributed by atoms with E-state index < -0.39 is 34.2 Å². The molecule has 10 unspecified atom stereocenters. The number of aromatic nitrogens is 8. The van der Waals surface area contributed by atoms with Crippen LogP contribution in [-0.2, 0) is 40.3 Å². The van der Waals surface area contributed by atoms with Crippen molar-refractivity contribution in [2.75, 3.05) is 6.61 Å². The summed E-state index contributed by atoms with van der Waals surface area (Å²) in [6.07, 6.45) is 22.2. The fraction of sp³-hybridized carbons (Fsp3) is 0.529. The number of aliphatic hydroxyl groups is 4. The number of benzene rings is 2. The lowest BCUT2D eigenvalue weighted by Crippen LogP contribution is -2.62. The molecular formula is C68H82F2N8O7. The van der Waals surface area contributed by atoms with E-state index in [-0.39, 0.29) is 90.1 Å². The van der Waals surface area contributed by atoms with Crippen LogP contribution in [0.3, 0.4) is 0 Å². The maximum absolute atomic E-state index is 13.8. The van der Waals surface area contributed by atoms with Gasteiger partial charge >= 0.3 is 0 Å². The molecule has 4 heterocycles. The van der Waals surface area contributed by atoms with Crippen molar-refractivity contribution >= 4 is 29.5 Å². The number of Topliss-reactive ketones (excluding diaryl/α,β-unsaturated/α-hetero) is 2. The Bertz CT molecular complexity index is 3660. The Morgan fingerprint density at radius 3 is 1.51 bits per heavy atom. The molecule has 6 saturated carbocycles. The molecule has 0 saturated heterocycles. The number of hydrogen-bond acceptors (Lipinski definition) is 11. The number of halogens is 2. The molecule has 14 rings (SSSR count). The minimum absolute atomic E-state index is 0. The third kappa shape index (κ3) is 9.04. The molecule has 85 heavy (non-hydrogen) atoms. The van der Waals surface area contributed by atoms with Gasteiger partial charge < -0.3 is 25.2 Å². The number of aliphatic hydroxyl groups excluding tert-OH is 2. The zero-order valence-corrected chi connectivity index (χ0v) is 49.0. The van der Waals surface area contributed by atoms with Crippen molar-refractivity contribution in [2.45, 2.75) is 163 Å². The zero-order valence-electron chi connectivity index (χ0n) is 49.0. The van der Waals surface area contributed by atoms with Crippen LogP contribution >= 0.6 is 0 Å². The van der Waals surface area contributed by atoms with Crippen LogP contribution < -0.4 is 0 Å². The number of allylic oxidation sites excluding steroid dienone is 2. The molecule has 0 radical (unpaired) electrons. The summed E-state index contributed by atoms with van der Waals surface area (Å²) >= 11 is 0. The maximum atomic E-state index is 13.8. The summed E-state index contributed by atoms with van der Waals surface area (Å²) < 4.78 is 39.5. The SMILES string of the molecule is C.C=C(OCC)c1cnn(CC(=O)[C@@]2(O)CCC3C4CCC5=Cc6c(cnn6-c6ccc(F)cc6)CC5(C)C4[C@@H](O)CC32C)c1.Cc1cnn(CC(=O)[C@@]2(O)CCC3C4CCC5=Cc6c(cnn6-c6ccc(F)cc6)CC5(C)C4[C@@H](O)CC32C)c1. The monoisotopic (exact) mass is 1160 g/mol. The van der Waals surface area contributed by atoms with Crippen LogP contribution in [0.25, 0.3) is 29.3 Å². The second kappa shape index (κ2) is 21.0. The van der Waals surface area contributed by atoms with E-state index in [1.807, 2.05) is 55.6 Å². The van der Waals surface area contributed by atoms with Crippen molar-refractivity contribution in [3.63, 3.8) is 0 Å². The van der Waals surface area contributed by atoms with E-state index in [1.54, 1.807) is 52.2 Å². The molecule has 0 aliphatic heterocycles. The van der Waals surface area contributed by atoms with Gasteiger partial charge in [0, 0.05) is 23.2 Å². The van der Waals surface area contributed by atoms with Crippen LogP contribution in [0, 0.1) is 75.7 Å². The summed E-state index contributed by atoms with van der Waals surface area (Å²) in [6, 6.07) is 12.8. The van der Waals surface area contributed by atoms with Crippen molar-refractivity contribution < 1.29 is 43.5 Å². The Labute approximate surface area is 496 Å². The van der Waals surface area contributed by atoms with Crippen molar-refractivity contribution in [2.24, 2.45) is 57.2 Å². The molecule has 17 heteroatoms. The highest BCUT2D eigenvalue weighted by atomic mass is 19.1. The molecule has 4 N–H and O–H groups in total. The first-order valence-electron chi connectivity index (χ1n) is 30.3. The number of rotatable bonds is 11. The number of hydrogen-bond donors (Lipinski definition) is 4. The summed E-state index contributed by atoms with van der Waals surface area (Å²) in [6.45, 7) is 16.8. The van der Waals surface area contributed by atoms with Crippen molar-refractivity contribution in [1.82, 2.24) is 39.1 Å². The summed E-state index contributed by atoms with van der Waals surface area (Å²) in [4.78, 5) is 27.5. The standard InChI is InChI=1S/C35H41FN4O4.C32H37FN4O3.CH4/c1-5-44-21(2)23-18-37-39(19-23)20-31(42)35(43)13-12-28-27-11-6-24-14-29-22(17-38-40(29)26-9-7-25(36)8-10-26)15-33(24,3)32(27)30(41)16-34(28,35)4;1-19-15-34-36(17-19)18-28(39)32(40)11-10-25-24-9-4-21-12-26-20(16-35-37(26)23-7-5-22(33)6-8-23)13-30(21,2)29(24)27(38)14-31(25,32)3;/h7-10,14,17-19,27-28,30,32,41,43H,2,5-6,11-13,15-16,20H2,1,3-4H3;5-8,12,15-17,24-25,27,29,38,40H,4,9-11,13-14,18H2,1-3H3;1H4/t27?,28?,30-,32?,33?,34?,35-;24?,25?,27-,29?,30?,31?,32-;/m00./s1. The van der Waals surface area contributed by atoms with Gasteiger partial charge in [-0.1, -0.05) is 52.8 Å². The third-order valence-corrected chi connectivity index (χ3v) is 22.9. The quantitative estimate of drug-likeness (QED) is 0.0902. The summed E-state index contributed by atoms with van der Waals surface area (Å²) in [7, 11) is 0. The molecule has 6 fully saturated rings. The van der Waals surface area contributed by atoms with Gasteiger partial charge in [-0.25, -0.2) is 18.1 Å². The molecule has 6 aromatic rings. The van der Waals surface area contributed by atoms with Crippen molar-refractivity contribution in [1.29, 1.82) is 0 Å². The zero-order chi connectivity index (χ0) is 59.0. The molecule has 15 nitrogen and oxygen atoms in total. The number of aryl methyl sites for hydroxylation is 1. The highest BCUT2D eigenvalue weighted by Gasteiger charge is 2.70. The van der Waals surface area contributed by atoms with E-state index in [4.69, 9.17) is 4.74 Å². The second-order valence-electron chi connectivity index (χ2n) is 27.1. The first-order chi connectivity index (χ1) is 40.0. The summed E-state index contributed by atoms with van der Waals surface area (Å²) in [5.41, 5.74) is 5.33. The Kier molecular flexibility index (Phi) is 14.5.